The van der Waals surface area contributed by atoms with Gasteiger partial charge in [-0.25, -0.2) is 9.78 Å². The third-order valence-corrected chi connectivity index (χ3v) is 7.03. The number of fused-ring (bicyclic) bond motifs is 1. The normalized spacial score (nSPS) is 22.0. The van der Waals surface area contributed by atoms with Crippen molar-refractivity contribution in [1.82, 2.24) is 14.9 Å². The number of carbonyl (C=O) groups is 1. The zero-order valence-corrected chi connectivity index (χ0v) is 16.0. The minimum Gasteiger partial charge on any atom is -0.465 e. The van der Waals surface area contributed by atoms with Crippen molar-refractivity contribution < 1.29 is 9.90 Å². The summed E-state index contributed by atoms with van der Waals surface area (Å²) >= 11 is 6.25. The van der Waals surface area contributed by atoms with Crippen molar-refractivity contribution in [3.05, 3.63) is 26.0 Å². The van der Waals surface area contributed by atoms with Gasteiger partial charge in [0.2, 0.25) is 0 Å². The van der Waals surface area contributed by atoms with E-state index in [0.717, 1.165) is 3.79 Å². The summed E-state index contributed by atoms with van der Waals surface area (Å²) in [4.78, 5) is 32.7. The van der Waals surface area contributed by atoms with E-state index < -0.39 is 12.1 Å². The number of amides is 1. The second-order valence-corrected chi connectivity index (χ2v) is 10.0. The van der Waals surface area contributed by atoms with Gasteiger partial charge in [-0.1, -0.05) is 20.8 Å². The van der Waals surface area contributed by atoms with Crippen molar-refractivity contribution in [3.8, 4) is 0 Å². The standard InChI is InChI=1S/C14H16BrN3O3S2/c1-14(2,3)12-18(13(20)21)7(5-22-12)10-16-6-4-8(15)23-9(6)11(19)17-10/h4,7,12H,5H2,1-3H3,(H,20,21)(H,16,17,19)/t7-,12?/m0/s1. The number of thiophene rings is 1. The van der Waals surface area contributed by atoms with Crippen molar-refractivity contribution in [2.75, 3.05) is 5.75 Å². The van der Waals surface area contributed by atoms with Gasteiger partial charge in [-0.15, -0.1) is 23.1 Å². The van der Waals surface area contributed by atoms with Gasteiger partial charge < -0.3 is 10.1 Å². The van der Waals surface area contributed by atoms with Crippen molar-refractivity contribution in [2.24, 2.45) is 5.41 Å². The largest absolute Gasteiger partial charge is 0.465 e. The molecule has 0 bridgehead atoms. The van der Waals surface area contributed by atoms with E-state index in [9.17, 15) is 14.7 Å². The van der Waals surface area contributed by atoms with Crippen LogP contribution in [0.5, 0.6) is 0 Å². The summed E-state index contributed by atoms with van der Waals surface area (Å²) < 4.78 is 1.37. The van der Waals surface area contributed by atoms with Crippen LogP contribution in [0.4, 0.5) is 4.79 Å². The Morgan fingerprint density at radius 3 is 2.83 bits per heavy atom. The lowest BCUT2D eigenvalue weighted by Crippen LogP contribution is -2.43. The number of carboxylic acid groups (broad SMARTS) is 1. The quantitative estimate of drug-likeness (QED) is 0.734. The highest BCUT2D eigenvalue weighted by Gasteiger charge is 2.45. The Morgan fingerprint density at radius 2 is 2.22 bits per heavy atom. The van der Waals surface area contributed by atoms with Crippen LogP contribution in [0.15, 0.2) is 14.6 Å². The molecule has 0 spiro atoms. The molecule has 1 aliphatic rings. The number of halogens is 1. The number of H-pyrrole nitrogens is 1. The van der Waals surface area contributed by atoms with E-state index in [0.29, 0.717) is 21.8 Å². The molecule has 0 saturated carbocycles. The number of aromatic amines is 1. The van der Waals surface area contributed by atoms with Gasteiger partial charge in [-0.3, -0.25) is 9.69 Å². The Labute approximate surface area is 149 Å². The average molecular weight is 418 g/mol. The molecular weight excluding hydrogens is 402 g/mol. The van der Waals surface area contributed by atoms with E-state index in [1.807, 2.05) is 20.8 Å². The van der Waals surface area contributed by atoms with Crippen LogP contribution in [0.2, 0.25) is 0 Å². The molecule has 124 valence electrons. The molecule has 1 saturated heterocycles. The predicted octanol–water partition coefficient (Wildman–Crippen LogP) is 3.89. The fourth-order valence-electron chi connectivity index (χ4n) is 2.70. The molecule has 1 amide bonds. The molecular formula is C14H16BrN3O3S2. The van der Waals surface area contributed by atoms with Crippen LogP contribution in [-0.4, -0.2) is 37.2 Å². The van der Waals surface area contributed by atoms with Crippen LogP contribution < -0.4 is 5.56 Å². The second-order valence-electron chi connectivity index (χ2n) is 6.47. The van der Waals surface area contributed by atoms with Gasteiger partial charge in [0.05, 0.1) is 14.7 Å². The first-order valence-corrected chi connectivity index (χ1v) is 9.66. The highest BCUT2D eigenvalue weighted by molar-refractivity contribution is 9.11. The van der Waals surface area contributed by atoms with Gasteiger partial charge in [-0.05, 0) is 27.4 Å². The van der Waals surface area contributed by atoms with Crippen LogP contribution in [0, 0.1) is 5.41 Å². The van der Waals surface area contributed by atoms with Gasteiger partial charge >= 0.3 is 6.09 Å². The number of nitrogens with zero attached hydrogens (tertiary/aromatic N) is 2. The Kier molecular flexibility index (Phi) is 4.22. The molecule has 2 atom stereocenters. The minimum absolute atomic E-state index is 0.180. The average Bonchev–Trinajstić information content (AvgIpc) is 3.00. The first-order chi connectivity index (χ1) is 10.7. The van der Waals surface area contributed by atoms with Gasteiger partial charge in [0.15, 0.2) is 0 Å². The van der Waals surface area contributed by atoms with E-state index in [1.54, 1.807) is 17.8 Å². The SMILES string of the molecule is CC(C)(C)C1SC[C@@H](c2nc3cc(Br)sc3c(=O)[nH]2)N1C(=O)O. The third kappa shape index (κ3) is 3.01. The monoisotopic (exact) mass is 417 g/mol. The van der Waals surface area contributed by atoms with Gasteiger partial charge in [0.25, 0.3) is 5.56 Å². The molecule has 0 radical (unpaired) electrons. The van der Waals surface area contributed by atoms with Crippen molar-refractivity contribution >= 4 is 55.3 Å². The lowest BCUT2D eigenvalue weighted by Gasteiger charge is -2.34. The van der Waals surface area contributed by atoms with E-state index in [1.165, 1.54) is 16.2 Å². The molecule has 2 N–H and O–H groups in total. The topological polar surface area (TPSA) is 86.3 Å². The van der Waals surface area contributed by atoms with Gasteiger partial charge in [-0.2, -0.15) is 0 Å². The number of hydrogen-bond acceptors (Lipinski definition) is 5. The Balaban J connectivity index is 2.07. The maximum Gasteiger partial charge on any atom is 0.408 e. The van der Waals surface area contributed by atoms with Crippen LogP contribution in [0.3, 0.4) is 0 Å². The molecule has 6 nitrogen and oxygen atoms in total. The van der Waals surface area contributed by atoms with Crippen LogP contribution in [-0.2, 0) is 0 Å². The maximum absolute atomic E-state index is 12.2. The number of rotatable bonds is 1. The van der Waals surface area contributed by atoms with E-state index in [4.69, 9.17) is 0 Å². The smallest absolute Gasteiger partial charge is 0.408 e. The maximum atomic E-state index is 12.2. The lowest BCUT2D eigenvalue weighted by molar-refractivity contribution is 0.101. The Bertz CT molecular complexity index is 827. The summed E-state index contributed by atoms with van der Waals surface area (Å²) in [6.07, 6.45) is -0.992. The molecule has 2 aromatic rings. The van der Waals surface area contributed by atoms with Crippen LogP contribution in [0.25, 0.3) is 10.2 Å². The number of nitrogens with one attached hydrogen (secondary N) is 1. The highest BCUT2D eigenvalue weighted by atomic mass is 79.9. The Morgan fingerprint density at radius 1 is 1.52 bits per heavy atom. The Hall–Kier alpha value is -1.06. The molecule has 23 heavy (non-hydrogen) atoms. The first-order valence-electron chi connectivity index (χ1n) is 7.00. The van der Waals surface area contributed by atoms with Crippen molar-refractivity contribution in [2.45, 2.75) is 32.2 Å². The van der Waals surface area contributed by atoms with Gasteiger partial charge in [0.1, 0.15) is 16.6 Å². The number of aromatic nitrogens is 2. The summed E-state index contributed by atoms with van der Waals surface area (Å²) in [5.74, 6) is 0.989. The lowest BCUT2D eigenvalue weighted by atomic mass is 9.95. The molecule has 1 aliphatic heterocycles. The molecule has 9 heteroatoms. The van der Waals surface area contributed by atoms with E-state index in [2.05, 4.69) is 25.9 Å². The number of thioether (sulfide) groups is 1. The molecule has 1 unspecified atom stereocenters. The van der Waals surface area contributed by atoms with Crippen LogP contribution >= 0.6 is 39.0 Å². The molecule has 3 heterocycles. The summed E-state index contributed by atoms with van der Waals surface area (Å²) in [5, 5.41) is 9.47. The van der Waals surface area contributed by atoms with Crippen LogP contribution in [0.1, 0.15) is 32.6 Å². The summed E-state index contributed by atoms with van der Waals surface area (Å²) in [6, 6.07) is 1.34. The first kappa shape index (κ1) is 16.8. The zero-order valence-electron chi connectivity index (χ0n) is 12.8. The second kappa shape index (κ2) is 5.78. The summed E-state index contributed by atoms with van der Waals surface area (Å²) in [7, 11) is 0. The zero-order chi connectivity index (χ0) is 16.9. The number of hydrogen-bond donors (Lipinski definition) is 2. The summed E-state index contributed by atoms with van der Waals surface area (Å²) in [6.45, 7) is 6.04. The summed E-state index contributed by atoms with van der Waals surface area (Å²) in [5.41, 5.74) is 0.165. The fraction of sp³-hybridized carbons (Fsp3) is 0.500. The van der Waals surface area contributed by atoms with Crippen molar-refractivity contribution in [3.63, 3.8) is 0 Å². The molecule has 2 aromatic heterocycles. The molecule has 0 aromatic carbocycles. The highest BCUT2D eigenvalue weighted by Crippen LogP contribution is 2.45. The van der Waals surface area contributed by atoms with Crippen molar-refractivity contribution in [1.29, 1.82) is 0 Å². The minimum atomic E-state index is -0.992. The van der Waals surface area contributed by atoms with E-state index >= 15 is 0 Å². The fourth-order valence-corrected chi connectivity index (χ4v) is 5.71. The predicted molar refractivity (Wildman–Crippen MR) is 96.2 cm³/mol. The molecule has 3 rings (SSSR count). The van der Waals surface area contributed by atoms with E-state index in [-0.39, 0.29) is 16.3 Å². The third-order valence-electron chi connectivity index (χ3n) is 3.65. The molecule has 1 fully saturated rings. The van der Waals surface area contributed by atoms with Gasteiger partial charge in [0, 0.05) is 5.75 Å². The molecule has 0 aliphatic carbocycles.